The van der Waals surface area contributed by atoms with Gasteiger partial charge >= 0.3 is 48.9 Å². The van der Waals surface area contributed by atoms with Crippen molar-refractivity contribution in [1.29, 1.82) is 0 Å². The second-order valence-corrected chi connectivity index (χ2v) is 0.192. The van der Waals surface area contributed by atoms with Gasteiger partial charge in [-0.15, -0.1) is 0 Å². The van der Waals surface area contributed by atoms with Crippen LogP contribution in [0.15, 0.2) is 0 Å². The van der Waals surface area contributed by atoms with Crippen LogP contribution in [0.1, 0.15) is 0 Å². The zero-order valence-electron chi connectivity index (χ0n) is 3.49. The van der Waals surface area contributed by atoms with E-state index in [4.69, 9.17) is 19.8 Å². The average Bonchev–Trinajstić information content (AvgIpc) is 1.39. The van der Waals surface area contributed by atoms with Crippen LogP contribution in [0.25, 0.3) is 0 Å². The van der Waals surface area contributed by atoms with Crippen LogP contribution >= 0.6 is 0 Å². The summed E-state index contributed by atoms with van der Waals surface area (Å²) in [5.74, 6) is 0. The first kappa shape index (κ1) is 15.6. The van der Waals surface area contributed by atoms with Crippen molar-refractivity contribution in [3.8, 4) is 0 Å². The molecule has 0 atom stereocenters. The maximum atomic E-state index is 8.25. The molecule has 0 bridgehead atoms. The van der Waals surface area contributed by atoms with E-state index < -0.39 is 12.9 Å². The first-order chi connectivity index (χ1) is 2.83. The predicted molar refractivity (Wildman–Crippen MR) is 17.9 cm³/mol. The molecule has 0 rings (SSSR count). The Morgan fingerprint density at radius 3 is 1.00 bits per heavy atom. The van der Waals surface area contributed by atoms with Gasteiger partial charge in [0.05, 0.1) is 0 Å². The van der Waals surface area contributed by atoms with E-state index in [-0.39, 0.29) is 48.9 Å². The summed E-state index contributed by atoms with van der Waals surface area (Å²) in [4.78, 5) is 16.5. The van der Waals surface area contributed by atoms with Gasteiger partial charge in [0.2, 0.25) is 0 Å². The van der Waals surface area contributed by atoms with Crippen molar-refractivity contribution in [1.82, 2.24) is 0 Å². The minimum Gasteiger partial charge on any atom is -0.554 e. The standard InChI is InChI=1S/2CH2O2.Ba/c2*2-1-3;/h2*1H,(H,2,3);/q;;+2/p-2. The molecule has 0 saturated carbocycles. The number of carbonyl (C=O) groups excluding carboxylic acids is 2. The summed E-state index contributed by atoms with van der Waals surface area (Å²) in [5, 5.41) is 16.5. The van der Waals surface area contributed by atoms with Crippen molar-refractivity contribution in [2.75, 3.05) is 0 Å². The Kier molecular flexibility index (Phi) is 70.1. The Bertz CT molecular complexity index is 30.7. The molecular weight excluding hydrogens is 225 g/mol. The summed E-state index contributed by atoms with van der Waals surface area (Å²) in [5.41, 5.74) is 0. The minimum atomic E-state index is -0.500. The molecule has 4 nitrogen and oxygen atoms in total. The Hall–Kier alpha value is 0.511. The topological polar surface area (TPSA) is 80.3 Å². The van der Waals surface area contributed by atoms with Crippen molar-refractivity contribution >= 4 is 61.8 Å². The molecule has 0 unspecified atom stereocenters. The molecule has 5 heteroatoms. The SMILES string of the molecule is O=C[O-].O=C[O-].[Ba+2]. The van der Waals surface area contributed by atoms with E-state index >= 15 is 0 Å². The molecule has 0 amide bonds. The maximum absolute atomic E-state index is 8.25. The molecule has 0 aliphatic heterocycles. The van der Waals surface area contributed by atoms with E-state index in [2.05, 4.69) is 0 Å². The van der Waals surface area contributed by atoms with Gasteiger partial charge in [0, 0.05) is 12.9 Å². The maximum Gasteiger partial charge on any atom is 2.00 e. The summed E-state index contributed by atoms with van der Waals surface area (Å²) in [7, 11) is 0. The minimum absolute atomic E-state index is 0. The molecule has 0 aromatic carbocycles. The molecular formula is C2H2BaO4. The van der Waals surface area contributed by atoms with Crippen LogP contribution in [-0.2, 0) is 9.59 Å². The third-order valence-electron chi connectivity index (χ3n) is 0. The van der Waals surface area contributed by atoms with Gasteiger partial charge < -0.3 is 19.8 Å². The number of hydrogen-bond donors (Lipinski definition) is 0. The van der Waals surface area contributed by atoms with Gasteiger partial charge in [-0.2, -0.15) is 0 Å². The van der Waals surface area contributed by atoms with Gasteiger partial charge in [-0.3, -0.25) is 0 Å². The molecule has 0 fully saturated rings. The number of rotatable bonds is 0. The Balaban J connectivity index is -0.0000000400. The monoisotopic (exact) mass is 228 g/mol. The summed E-state index contributed by atoms with van der Waals surface area (Å²) < 4.78 is 0. The fourth-order valence-electron chi connectivity index (χ4n) is 0. The molecule has 0 aromatic rings. The summed E-state index contributed by atoms with van der Waals surface area (Å²) in [6.07, 6.45) is 0. The van der Waals surface area contributed by atoms with Gasteiger partial charge in [-0.05, 0) is 0 Å². The van der Waals surface area contributed by atoms with Crippen LogP contribution in [0.2, 0.25) is 0 Å². The second-order valence-electron chi connectivity index (χ2n) is 0.192. The van der Waals surface area contributed by atoms with E-state index in [1.165, 1.54) is 0 Å². The molecule has 0 saturated heterocycles. The smallest absolute Gasteiger partial charge is 0.554 e. The van der Waals surface area contributed by atoms with Crippen molar-refractivity contribution in [2.24, 2.45) is 0 Å². The van der Waals surface area contributed by atoms with Crippen LogP contribution in [0.5, 0.6) is 0 Å². The third-order valence-corrected chi connectivity index (χ3v) is 0. The van der Waals surface area contributed by atoms with E-state index in [1.807, 2.05) is 0 Å². The first-order valence-corrected chi connectivity index (χ1v) is 0.943. The van der Waals surface area contributed by atoms with Crippen molar-refractivity contribution in [3.63, 3.8) is 0 Å². The Morgan fingerprint density at radius 1 is 1.00 bits per heavy atom. The molecule has 0 aliphatic carbocycles. The molecule has 0 spiro atoms. The largest absolute Gasteiger partial charge is 2.00 e. The van der Waals surface area contributed by atoms with Crippen molar-refractivity contribution in [3.05, 3.63) is 0 Å². The summed E-state index contributed by atoms with van der Waals surface area (Å²) in [6.45, 7) is -1.00. The quantitative estimate of drug-likeness (QED) is 0.316. The van der Waals surface area contributed by atoms with Gasteiger partial charge in [0.1, 0.15) is 0 Å². The molecule has 0 radical (unpaired) electrons. The predicted octanol–water partition coefficient (Wildman–Crippen LogP) is -3.65. The Morgan fingerprint density at radius 2 is 1.00 bits per heavy atom. The van der Waals surface area contributed by atoms with Gasteiger partial charge in [0.15, 0.2) is 0 Å². The molecule has 0 heterocycles. The normalized spacial score (nSPS) is 3.43. The molecule has 0 aromatic heterocycles. The molecule has 0 aliphatic rings. The number of carbonyl (C=O) groups is 2. The van der Waals surface area contributed by atoms with Crippen molar-refractivity contribution in [2.45, 2.75) is 0 Å². The third kappa shape index (κ3) is 507. The molecule has 0 N–H and O–H groups in total. The van der Waals surface area contributed by atoms with Gasteiger partial charge in [-0.1, -0.05) is 0 Å². The zero-order chi connectivity index (χ0) is 5.41. The fourth-order valence-corrected chi connectivity index (χ4v) is 0. The summed E-state index contributed by atoms with van der Waals surface area (Å²) in [6, 6.07) is 0. The van der Waals surface area contributed by atoms with Crippen molar-refractivity contribution < 1.29 is 19.8 Å². The molecule has 7 heavy (non-hydrogen) atoms. The Labute approximate surface area is 80.6 Å². The van der Waals surface area contributed by atoms with Gasteiger partial charge in [-0.25, -0.2) is 0 Å². The van der Waals surface area contributed by atoms with Gasteiger partial charge in [0.25, 0.3) is 0 Å². The number of carboxylic acid groups (broad SMARTS) is 2. The zero-order valence-corrected chi connectivity index (χ0v) is 7.94. The van der Waals surface area contributed by atoms with Crippen LogP contribution in [0.3, 0.4) is 0 Å². The van der Waals surface area contributed by atoms with Crippen LogP contribution in [0, 0.1) is 0 Å². The van der Waals surface area contributed by atoms with Crippen LogP contribution < -0.4 is 10.2 Å². The van der Waals surface area contributed by atoms with Crippen LogP contribution in [-0.4, -0.2) is 61.8 Å². The van der Waals surface area contributed by atoms with E-state index in [0.29, 0.717) is 0 Å². The fraction of sp³-hybridized carbons (Fsp3) is 0. The summed E-state index contributed by atoms with van der Waals surface area (Å²) >= 11 is 0. The first-order valence-electron chi connectivity index (χ1n) is 0.943. The average molecular weight is 227 g/mol. The van der Waals surface area contributed by atoms with E-state index in [1.54, 1.807) is 0 Å². The second kappa shape index (κ2) is 31.4. The molecule has 36 valence electrons. The number of hydrogen-bond acceptors (Lipinski definition) is 4. The van der Waals surface area contributed by atoms with E-state index in [9.17, 15) is 0 Å². The van der Waals surface area contributed by atoms with Crippen LogP contribution in [0.4, 0.5) is 0 Å². The van der Waals surface area contributed by atoms with E-state index in [0.717, 1.165) is 0 Å².